The lowest BCUT2D eigenvalue weighted by atomic mass is 10.1. The highest BCUT2D eigenvalue weighted by Crippen LogP contribution is 2.27. The Morgan fingerprint density at radius 3 is 2.30 bits per heavy atom. The van der Waals surface area contributed by atoms with Gasteiger partial charge in [-0.15, -0.1) is 0 Å². The lowest BCUT2D eigenvalue weighted by Crippen LogP contribution is -2.47. The molecule has 2 N–H and O–H groups in total. The number of benzene rings is 3. The van der Waals surface area contributed by atoms with E-state index < -0.39 is 0 Å². The van der Waals surface area contributed by atoms with E-state index >= 15 is 0 Å². The number of hydrogen-bond donors (Lipinski definition) is 1. The second-order valence-corrected chi connectivity index (χ2v) is 8.23. The Morgan fingerprint density at radius 2 is 1.47 bits per heavy atom. The summed E-state index contributed by atoms with van der Waals surface area (Å²) in [6.45, 7) is 7.20. The highest BCUT2D eigenvalue weighted by Gasteiger charge is 2.19. The number of para-hydroxylation sites is 1. The van der Waals surface area contributed by atoms with E-state index in [4.69, 9.17) is 5.73 Å². The molecule has 0 bridgehead atoms. The number of rotatable bonds is 6. The molecule has 0 atom stereocenters. The predicted octanol–water partition coefficient (Wildman–Crippen LogP) is 4.12. The molecule has 0 unspecified atom stereocenters. The monoisotopic (exact) mass is 398 g/mol. The van der Waals surface area contributed by atoms with E-state index in [2.05, 4.69) is 87.3 Å². The molecule has 5 rings (SSSR count). The molecule has 1 saturated heterocycles. The van der Waals surface area contributed by atoms with Crippen LogP contribution in [0.25, 0.3) is 21.7 Å². The Balaban J connectivity index is 1.24. The number of hydrogen-bond acceptors (Lipinski definition) is 3. The van der Waals surface area contributed by atoms with Crippen molar-refractivity contribution in [3.05, 3.63) is 78.5 Å². The molecular formula is C26H30N4. The van der Waals surface area contributed by atoms with Gasteiger partial charge in [0, 0.05) is 67.4 Å². The smallest absolute Gasteiger partial charge is 0.0483 e. The van der Waals surface area contributed by atoms with Crippen LogP contribution in [0, 0.1) is 0 Å². The number of anilines is 1. The van der Waals surface area contributed by atoms with Crippen molar-refractivity contribution in [1.82, 2.24) is 9.47 Å². The van der Waals surface area contributed by atoms with Gasteiger partial charge in [-0.2, -0.15) is 0 Å². The van der Waals surface area contributed by atoms with Crippen LogP contribution in [0.15, 0.2) is 72.9 Å². The van der Waals surface area contributed by atoms with Crippen molar-refractivity contribution >= 4 is 27.4 Å². The van der Waals surface area contributed by atoms with Gasteiger partial charge in [-0.05, 0) is 36.0 Å². The molecule has 1 aliphatic heterocycles. The Morgan fingerprint density at radius 1 is 0.733 bits per heavy atom. The summed E-state index contributed by atoms with van der Waals surface area (Å²) >= 11 is 0. The minimum Gasteiger partial charge on any atom is -0.368 e. The van der Waals surface area contributed by atoms with Crippen LogP contribution in [0.5, 0.6) is 0 Å². The second-order valence-electron chi connectivity index (χ2n) is 8.23. The second kappa shape index (κ2) is 8.50. The Hall–Kier alpha value is -2.82. The Labute approximate surface area is 178 Å². The minimum atomic E-state index is 0.699. The first kappa shape index (κ1) is 19.2. The summed E-state index contributed by atoms with van der Waals surface area (Å²) in [7, 11) is 0. The average Bonchev–Trinajstić information content (AvgIpc) is 3.16. The van der Waals surface area contributed by atoms with E-state index in [-0.39, 0.29) is 0 Å². The van der Waals surface area contributed by atoms with Crippen LogP contribution in [0.1, 0.15) is 5.56 Å². The summed E-state index contributed by atoms with van der Waals surface area (Å²) in [6, 6.07) is 24.1. The summed E-state index contributed by atoms with van der Waals surface area (Å²) in [5.41, 5.74) is 9.89. The number of aromatic nitrogens is 1. The molecule has 0 amide bonds. The zero-order valence-electron chi connectivity index (χ0n) is 17.5. The van der Waals surface area contributed by atoms with Gasteiger partial charge >= 0.3 is 0 Å². The molecule has 0 saturated carbocycles. The van der Waals surface area contributed by atoms with Crippen LogP contribution in [-0.4, -0.2) is 48.7 Å². The number of fused-ring (bicyclic) bond motifs is 2. The first-order chi connectivity index (χ1) is 14.8. The topological polar surface area (TPSA) is 37.4 Å². The minimum absolute atomic E-state index is 0.699. The summed E-state index contributed by atoms with van der Waals surface area (Å²) in [6.07, 6.45) is 3.25. The van der Waals surface area contributed by atoms with E-state index in [1.807, 2.05) is 0 Å². The fraction of sp³-hybridized carbons (Fsp3) is 0.308. The first-order valence-electron chi connectivity index (χ1n) is 11.1. The average molecular weight is 399 g/mol. The molecule has 4 heteroatoms. The Kier molecular flexibility index (Phi) is 5.43. The summed E-state index contributed by atoms with van der Waals surface area (Å²) in [5.74, 6) is 0. The standard InChI is InChI=1S/C26H30N4/c27-13-12-22-20-30(26-10-4-3-9-24(22)26)19-16-28-14-17-29(18-15-28)25-11-5-7-21-6-1-2-8-23(21)25/h1-11,20H,12-19,27H2. The molecule has 3 aromatic carbocycles. The maximum Gasteiger partial charge on any atom is 0.0483 e. The van der Waals surface area contributed by atoms with Crippen LogP contribution < -0.4 is 10.6 Å². The van der Waals surface area contributed by atoms with Crippen LogP contribution in [0.2, 0.25) is 0 Å². The van der Waals surface area contributed by atoms with Crippen LogP contribution in [-0.2, 0) is 13.0 Å². The van der Waals surface area contributed by atoms with E-state index in [1.165, 1.54) is 32.9 Å². The highest BCUT2D eigenvalue weighted by molar-refractivity contribution is 5.94. The molecule has 30 heavy (non-hydrogen) atoms. The summed E-state index contributed by atoms with van der Waals surface area (Å²) in [5, 5.41) is 4.04. The number of nitrogens with two attached hydrogens (primary N) is 1. The van der Waals surface area contributed by atoms with Crippen molar-refractivity contribution < 1.29 is 0 Å². The molecule has 0 radical (unpaired) electrons. The third kappa shape index (κ3) is 3.69. The summed E-state index contributed by atoms with van der Waals surface area (Å²) < 4.78 is 2.41. The number of nitrogens with zero attached hydrogens (tertiary/aromatic N) is 3. The van der Waals surface area contributed by atoms with E-state index in [1.54, 1.807) is 0 Å². The van der Waals surface area contributed by atoms with Gasteiger partial charge in [-0.25, -0.2) is 0 Å². The van der Waals surface area contributed by atoms with Crippen molar-refractivity contribution in [1.29, 1.82) is 0 Å². The van der Waals surface area contributed by atoms with Crippen molar-refractivity contribution in [2.75, 3.05) is 44.2 Å². The predicted molar refractivity (Wildman–Crippen MR) is 127 cm³/mol. The van der Waals surface area contributed by atoms with Crippen molar-refractivity contribution in [2.24, 2.45) is 5.73 Å². The van der Waals surface area contributed by atoms with Gasteiger partial charge in [0.15, 0.2) is 0 Å². The van der Waals surface area contributed by atoms with Crippen molar-refractivity contribution in [3.8, 4) is 0 Å². The zero-order valence-corrected chi connectivity index (χ0v) is 17.5. The lowest BCUT2D eigenvalue weighted by Gasteiger charge is -2.36. The molecule has 2 heterocycles. The largest absolute Gasteiger partial charge is 0.368 e. The molecule has 4 aromatic rings. The molecule has 4 nitrogen and oxygen atoms in total. The molecule has 1 fully saturated rings. The van der Waals surface area contributed by atoms with E-state index in [9.17, 15) is 0 Å². The van der Waals surface area contributed by atoms with Gasteiger partial charge in [0.25, 0.3) is 0 Å². The van der Waals surface area contributed by atoms with Gasteiger partial charge in [-0.3, -0.25) is 4.90 Å². The first-order valence-corrected chi connectivity index (χ1v) is 11.1. The molecule has 1 aromatic heterocycles. The highest BCUT2D eigenvalue weighted by atomic mass is 15.3. The van der Waals surface area contributed by atoms with Crippen LogP contribution in [0.4, 0.5) is 5.69 Å². The van der Waals surface area contributed by atoms with Gasteiger partial charge in [0.2, 0.25) is 0 Å². The molecule has 0 aliphatic carbocycles. The zero-order chi connectivity index (χ0) is 20.3. The number of piperazine rings is 1. The van der Waals surface area contributed by atoms with Gasteiger partial charge in [-0.1, -0.05) is 54.6 Å². The van der Waals surface area contributed by atoms with Gasteiger partial charge < -0.3 is 15.2 Å². The molecule has 1 aliphatic rings. The third-order valence-electron chi connectivity index (χ3n) is 6.42. The lowest BCUT2D eigenvalue weighted by molar-refractivity contribution is 0.249. The van der Waals surface area contributed by atoms with E-state index in [0.717, 1.165) is 45.7 Å². The SMILES string of the molecule is NCCc1cn(CCN2CCN(c3cccc4ccccc34)CC2)c2ccccc12. The van der Waals surface area contributed by atoms with Crippen LogP contribution >= 0.6 is 0 Å². The summed E-state index contributed by atoms with van der Waals surface area (Å²) in [4.78, 5) is 5.14. The van der Waals surface area contributed by atoms with Crippen molar-refractivity contribution in [2.45, 2.75) is 13.0 Å². The third-order valence-corrected chi connectivity index (χ3v) is 6.42. The van der Waals surface area contributed by atoms with Crippen LogP contribution in [0.3, 0.4) is 0 Å². The van der Waals surface area contributed by atoms with Gasteiger partial charge in [0.05, 0.1) is 0 Å². The normalized spacial score (nSPS) is 15.3. The fourth-order valence-corrected chi connectivity index (χ4v) is 4.81. The maximum absolute atomic E-state index is 5.83. The molecule has 0 spiro atoms. The molecular weight excluding hydrogens is 368 g/mol. The maximum atomic E-state index is 5.83. The van der Waals surface area contributed by atoms with Crippen molar-refractivity contribution in [3.63, 3.8) is 0 Å². The quantitative estimate of drug-likeness (QED) is 0.531. The van der Waals surface area contributed by atoms with E-state index in [0.29, 0.717) is 6.54 Å². The molecule has 154 valence electrons. The Bertz CT molecular complexity index is 1130. The fourth-order valence-electron chi connectivity index (χ4n) is 4.81. The van der Waals surface area contributed by atoms with Gasteiger partial charge in [0.1, 0.15) is 0 Å².